The van der Waals surface area contributed by atoms with Crippen molar-refractivity contribution in [3.63, 3.8) is 0 Å². The Kier molecular flexibility index (Phi) is 5.37. The molecule has 0 aliphatic carbocycles. The van der Waals surface area contributed by atoms with Gasteiger partial charge in [-0.05, 0) is 20.3 Å². The Morgan fingerprint density at radius 3 is 2.50 bits per heavy atom. The van der Waals surface area contributed by atoms with Crippen LogP contribution in [0.3, 0.4) is 0 Å². The Morgan fingerprint density at radius 1 is 1.58 bits per heavy atom. The number of allylic oxidation sites excluding steroid dienone is 1. The second-order valence-electron chi connectivity index (χ2n) is 3.07. The Labute approximate surface area is 74.0 Å². The molecule has 1 atom stereocenters. The van der Waals surface area contributed by atoms with Gasteiger partial charge in [-0.25, -0.2) is 0 Å². The van der Waals surface area contributed by atoms with E-state index in [1.807, 2.05) is 20.8 Å². The molecular formula is C9H18N2O. The molecule has 70 valence electrons. The fraction of sp³-hybridized carbons (Fsp3) is 0.667. The number of nitrogens with two attached hydrogens (primary N) is 1. The third-order valence-electron chi connectivity index (χ3n) is 1.54. The van der Waals surface area contributed by atoms with Crippen LogP contribution in [0.1, 0.15) is 27.2 Å². The van der Waals surface area contributed by atoms with Gasteiger partial charge in [0.25, 0.3) is 0 Å². The fourth-order valence-electron chi connectivity index (χ4n) is 0.833. The smallest absolute Gasteiger partial charge is 0.244 e. The summed E-state index contributed by atoms with van der Waals surface area (Å²) in [5, 5.41) is 2.81. The normalized spacial score (nSPS) is 12.0. The summed E-state index contributed by atoms with van der Waals surface area (Å²) in [7, 11) is 0. The van der Waals surface area contributed by atoms with E-state index in [0.29, 0.717) is 6.54 Å². The summed E-state index contributed by atoms with van der Waals surface area (Å²) in [6.07, 6.45) is 2.46. The number of carbonyl (C=O) groups excluding carboxylic acids is 1. The number of hydrogen-bond acceptors (Lipinski definition) is 2. The molecule has 3 nitrogen and oxygen atoms in total. The molecule has 0 aliphatic rings. The highest BCUT2D eigenvalue weighted by molar-refractivity contribution is 5.88. The maximum Gasteiger partial charge on any atom is 0.244 e. The van der Waals surface area contributed by atoms with Crippen LogP contribution in [-0.4, -0.2) is 18.5 Å². The summed E-state index contributed by atoms with van der Waals surface area (Å²) in [5.74, 6) is -0.0488. The predicted molar refractivity (Wildman–Crippen MR) is 50.7 cm³/mol. The lowest BCUT2D eigenvalue weighted by Gasteiger charge is -2.12. The van der Waals surface area contributed by atoms with E-state index in [2.05, 4.69) is 5.32 Å². The molecule has 0 aromatic heterocycles. The molecule has 12 heavy (non-hydrogen) atoms. The molecule has 0 bridgehead atoms. The topological polar surface area (TPSA) is 55.1 Å². The first-order chi connectivity index (χ1) is 5.60. The van der Waals surface area contributed by atoms with Crippen molar-refractivity contribution in [2.75, 3.05) is 6.54 Å². The summed E-state index contributed by atoms with van der Waals surface area (Å²) in [6.45, 7) is 6.28. The molecule has 0 radical (unpaired) electrons. The largest absolute Gasteiger partial charge is 0.349 e. The maximum absolute atomic E-state index is 11.1. The van der Waals surface area contributed by atoms with Crippen molar-refractivity contribution in [1.82, 2.24) is 5.32 Å². The first-order valence-corrected chi connectivity index (χ1v) is 4.25. The molecule has 0 aromatic carbocycles. The molecule has 1 amide bonds. The maximum atomic E-state index is 11.1. The van der Waals surface area contributed by atoms with Crippen molar-refractivity contribution in [2.45, 2.75) is 33.2 Å². The second kappa shape index (κ2) is 5.77. The molecule has 0 saturated carbocycles. The van der Waals surface area contributed by atoms with E-state index < -0.39 is 0 Å². The van der Waals surface area contributed by atoms with Gasteiger partial charge in [0.2, 0.25) is 5.91 Å². The summed E-state index contributed by atoms with van der Waals surface area (Å²) < 4.78 is 0. The van der Waals surface area contributed by atoms with E-state index in [0.717, 1.165) is 12.0 Å². The minimum Gasteiger partial charge on any atom is -0.349 e. The van der Waals surface area contributed by atoms with Crippen molar-refractivity contribution >= 4 is 5.91 Å². The Morgan fingerprint density at radius 2 is 2.17 bits per heavy atom. The Bertz CT molecular complexity index is 167. The van der Waals surface area contributed by atoms with Crippen LogP contribution in [0.2, 0.25) is 0 Å². The summed E-state index contributed by atoms with van der Waals surface area (Å²) in [5.41, 5.74) is 6.43. The van der Waals surface area contributed by atoms with Crippen LogP contribution in [0.15, 0.2) is 11.6 Å². The molecule has 0 aromatic rings. The van der Waals surface area contributed by atoms with Crippen LogP contribution in [0.25, 0.3) is 0 Å². The first kappa shape index (κ1) is 11.2. The van der Waals surface area contributed by atoms with Crippen LogP contribution in [0, 0.1) is 0 Å². The van der Waals surface area contributed by atoms with Crippen LogP contribution < -0.4 is 11.1 Å². The van der Waals surface area contributed by atoms with Crippen molar-refractivity contribution < 1.29 is 4.79 Å². The molecular weight excluding hydrogens is 152 g/mol. The van der Waals surface area contributed by atoms with Crippen LogP contribution >= 0.6 is 0 Å². The number of hydrogen-bond donors (Lipinski definition) is 2. The highest BCUT2D eigenvalue weighted by Gasteiger charge is 2.04. The third-order valence-corrected chi connectivity index (χ3v) is 1.54. The van der Waals surface area contributed by atoms with Gasteiger partial charge in [0.1, 0.15) is 0 Å². The summed E-state index contributed by atoms with van der Waals surface area (Å²) >= 11 is 0. The lowest BCUT2D eigenvalue weighted by Crippen LogP contribution is -2.38. The molecule has 0 rings (SSSR count). The van der Waals surface area contributed by atoms with Crippen molar-refractivity contribution in [2.24, 2.45) is 5.73 Å². The van der Waals surface area contributed by atoms with E-state index in [1.165, 1.54) is 0 Å². The SMILES string of the molecule is CCC(CN)NC(=O)C=C(C)C. The highest BCUT2D eigenvalue weighted by atomic mass is 16.1. The van der Waals surface area contributed by atoms with Gasteiger partial charge in [-0.15, -0.1) is 0 Å². The average molecular weight is 170 g/mol. The number of rotatable bonds is 4. The predicted octanol–water partition coefficient (Wildman–Crippen LogP) is 0.806. The molecule has 3 N–H and O–H groups in total. The monoisotopic (exact) mass is 170 g/mol. The van der Waals surface area contributed by atoms with Crippen LogP contribution in [-0.2, 0) is 4.79 Å². The van der Waals surface area contributed by atoms with Gasteiger partial charge in [0.05, 0.1) is 0 Å². The second-order valence-corrected chi connectivity index (χ2v) is 3.07. The fourth-order valence-corrected chi connectivity index (χ4v) is 0.833. The van der Waals surface area contributed by atoms with E-state index in [-0.39, 0.29) is 11.9 Å². The van der Waals surface area contributed by atoms with E-state index >= 15 is 0 Å². The standard InChI is InChI=1S/C9H18N2O/c1-4-8(6-10)11-9(12)5-7(2)3/h5,8H,4,6,10H2,1-3H3,(H,11,12). The Balaban J connectivity index is 3.90. The quantitative estimate of drug-likeness (QED) is 0.613. The first-order valence-electron chi connectivity index (χ1n) is 4.25. The van der Waals surface area contributed by atoms with E-state index in [1.54, 1.807) is 6.08 Å². The minimum absolute atomic E-state index is 0.0488. The van der Waals surface area contributed by atoms with Gasteiger partial charge in [0.15, 0.2) is 0 Å². The Hall–Kier alpha value is -0.830. The van der Waals surface area contributed by atoms with Gasteiger partial charge in [0, 0.05) is 18.7 Å². The lowest BCUT2D eigenvalue weighted by atomic mass is 10.2. The number of nitrogens with one attached hydrogen (secondary N) is 1. The van der Waals surface area contributed by atoms with Gasteiger partial charge in [-0.2, -0.15) is 0 Å². The minimum atomic E-state index is -0.0488. The van der Waals surface area contributed by atoms with Gasteiger partial charge < -0.3 is 11.1 Å². The summed E-state index contributed by atoms with van der Waals surface area (Å²) in [6, 6.07) is 0.105. The van der Waals surface area contributed by atoms with Gasteiger partial charge >= 0.3 is 0 Å². The molecule has 0 aliphatic heterocycles. The molecule has 0 fully saturated rings. The van der Waals surface area contributed by atoms with Crippen LogP contribution in [0.4, 0.5) is 0 Å². The van der Waals surface area contributed by atoms with E-state index in [4.69, 9.17) is 5.73 Å². The third kappa shape index (κ3) is 4.91. The van der Waals surface area contributed by atoms with Gasteiger partial charge in [-0.3, -0.25) is 4.79 Å². The average Bonchev–Trinajstić information content (AvgIpc) is 1.98. The van der Waals surface area contributed by atoms with Crippen molar-refractivity contribution in [3.05, 3.63) is 11.6 Å². The number of carbonyl (C=O) groups is 1. The van der Waals surface area contributed by atoms with Crippen molar-refractivity contribution in [1.29, 1.82) is 0 Å². The zero-order valence-corrected chi connectivity index (χ0v) is 8.05. The zero-order chi connectivity index (χ0) is 9.56. The highest BCUT2D eigenvalue weighted by Crippen LogP contribution is 1.91. The molecule has 0 heterocycles. The van der Waals surface area contributed by atoms with E-state index in [9.17, 15) is 4.79 Å². The van der Waals surface area contributed by atoms with Gasteiger partial charge in [-0.1, -0.05) is 12.5 Å². The molecule has 3 heteroatoms. The van der Waals surface area contributed by atoms with Crippen LogP contribution in [0.5, 0.6) is 0 Å². The summed E-state index contributed by atoms with van der Waals surface area (Å²) in [4.78, 5) is 11.1. The zero-order valence-electron chi connectivity index (χ0n) is 8.05. The van der Waals surface area contributed by atoms with Crippen molar-refractivity contribution in [3.8, 4) is 0 Å². The number of amides is 1. The molecule has 0 spiro atoms. The lowest BCUT2D eigenvalue weighted by molar-refractivity contribution is -0.117. The molecule has 0 saturated heterocycles. The molecule has 1 unspecified atom stereocenters.